The first-order chi connectivity index (χ1) is 16.4. The van der Waals surface area contributed by atoms with Gasteiger partial charge in [0.15, 0.2) is 5.82 Å². The van der Waals surface area contributed by atoms with Crippen molar-refractivity contribution < 1.29 is 9.47 Å². The summed E-state index contributed by atoms with van der Waals surface area (Å²) in [4.78, 5) is 12.9. The van der Waals surface area contributed by atoms with E-state index in [1.54, 1.807) is 0 Å². The third kappa shape index (κ3) is 4.66. The Labute approximate surface area is 200 Å². The van der Waals surface area contributed by atoms with Crippen molar-refractivity contribution in [2.45, 2.75) is 45.6 Å². The first-order valence-corrected chi connectivity index (χ1v) is 12.0. The molecule has 2 aromatic heterocycles. The zero-order chi connectivity index (χ0) is 23.8. The summed E-state index contributed by atoms with van der Waals surface area (Å²) in [7, 11) is 4.17. The Balaban J connectivity index is 1.41. The lowest BCUT2D eigenvalue weighted by molar-refractivity contribution is 0.00880. The van der Waals surface area contributed by atoms with Crippen molar-refractivity contribution >= 4 is 27.6 Å². The maximum absolute atomic E-state index is 6.05. The average molecular weight is 463 g/mol. The highest BCUT2D eigenvalue weighted by Gasteiger charge is 2.27. The molecule has 4 aromatic rings. The van der Waals surface area contributed by atoms with Crippen molar-refractivity contribution in [3.05, 3.63) is 42.0 Å². The lowest BCUT2D eigenvalue weighted by atomic mass is 10.1. The summed E-state index contributed by atoms with van der Waals surface area (Å²) in [6.07, 6.45) is 0.401. The third-order valence-corrected chi connectivity index (χ3v) is 6.31. The molecular formula is C26H34N6O2. The number of likely N-dealkylation sites (N-methyl/N-ethyl adjacent to an activating group) is 1. The zero-order valence-electron chi connectivity index (χ0n) is 20.6. The third-order valence-electron chi connectivity index (χ3n) is 6.31. The van der Waals surface area contributed by atoms with Gasteiger partial charge in [-0.1, -0.05) is 12.1 Å². The van der Waals surface area contributed by atoms with Gasteiger partial charge in [-0.3, -0.25) is 5.10 Å². The van der Waals surface area contributed by atoms with Crippen LogP contribution in [0.15, 0.2) is 36.4 Å². The van der Waals surface area contributed by atoms with Crippen LogP contribution in [0, 0.1) is 0 Å². The number of hydrogen-bond acceptors (Lipinski definition) is 6. The number of ether oxygens (including phenoxy) is 2. The Morgan fingerprint density at radius 3 is 2.82 bits per heavy atom. The summed E-state index contributed by atoms with van der Waals surface area (Å²) in [5.41, 5.74) is 6.06. The van der Waals surface area contributed by atoms with Crippen LogP contribution < -0.4 is 4.90 Å². The summed E-state index contributed by atoms with van der Waals surface area (Å²) in [5.74, 6) is 0.769. The number of nitrogens with zero attached hydrogens (tertiary/aromatic N) is 4. The number of benzene rings is 2. The summed E-state index contributed by atoms with van der Waals surface area (Å²) in [6.45, 7) is 9.41. The number of aromatic amines is 2. The minimum absolute atomic E-state index is 0.200. The van der Waals surface area contributed by atoms with Crippen molar-refractivity contribution in [2.24, 2.45) is 0 Å². The molecule has 1 aliphatic rings. The van der Waals surface area contributed by atoms with E-state index in [1.165, 1.54) is 5.69 Å². The van der Waals surface area contributed by atoms with E-state index in [4.69, 9.17) is 14.5 Å². The fraction of sp³-hybridized carbons (Fsp3) is 0.462. The van der Waals surface area contributed by atoms with Gasteiger partial charge in [0.05, 0.1) is 42.0 Å². The predicted octanol–water partition coefficient (Wildman–Crippen LogP) is 4.19. The number of fused-ring (bicyclic) bond motifs is 2. The number of imidazole rings is 1. The van der Waals surface area contributed by atoms with E-state index < -0.39 is 0 Å². The normalized spacial score (nSPS) is 19.2. The molecule has 1 saturated heterocycles. The molecule has 8 heteroatoms. The highest BCUT2D eigenvalue weighted by molar-refractivity contribution is 5.93. The molecule has 34 heavy (non-hydrogen) atoms. The molecule has 0 spiro atoms. The second-order valence-corrected chi connectivity index (χ2v) is 9.82. The van der Waals surface area contributed by atoms with Crippen molar-refractivity contribution in [3.8, 4) is 11.5 Å². The molecule has 0 bridgehead atoms. The number of aromatic nitrogens is 4. The first-order valence-electron chi connectivity index (χ1n) is 12.0. The number of rotatable bonds is 7. The van der Waals surface area contributed by atoms with E-state index in [0.717, 1.165) is 58.7 Å². The van der Waals surface area contributed by atoms with Crippen LogP contribution in [0.1, 0.15) is 26.3 Å². The number of morpholine rings is 1. The molecule has 2 atom stereocenters. The van der Waals surface area contributed by atoms with Crippen LogP contribution in [0.2, 0.25) is 0 Å². The summed E-state index contributed by atoms with van der Waals surface area (Å²) >= 11 is 0. The Bertz CT molecular complexity index is 1280. The van der Waals surface area contributed by atoms with Gasteiger partial charge in [0, 0.05) is 30.2 Å². The molecule has 2 aromatic carbocycles. The second-order valence-electron chi connectivity index (χ2n) is 9.82. The minimum Gasteiger partial charge on any atom is -0.374 e. The van der Waals surface area contributed by atoms with E-state index in [1.807, 2.05) is 13.8 Å². The molecule has 1 aliphatic heterocycles. The predicted molar refractivity (Wildman–Crippen MR) is 136 cm³/mol. The van der Waals surface area contributed by atoms with Gasteiger partial charge in [0.1, 0.15) is 5.69 Å². The van der Waals surface area contributed by atoms with Crippen LogP contribution in [0.3, 0.4) is 0 Å². The molecule has 2 N–H and O–H groups in total. The lowest BCUT2D eigenvalue weighted by Gasteiger charge is -2.40. The number of anilines is 1. The van der Waals surface area contributed by atoms with Gasteiger partial charge in [-0.05, 0) is 64.7 Å². The van der Waals surface area contributed by atoms with Gasteiger partial charge in [-0.2, -0.15) is 5.10 Å². The van der Waals surface area contributed by atoms with Gasteiger partial charge in [0.2, 0.25) is 0 Å². The second kappa shape index (κ2) is 9.37. The highest BCUT2D eigenvalue weighted by Crippen LogP contribution is 2.30. The smallest absolute Gasteiger partial charge is 0.159 e. The Hall–Kier alpha value is -2.94. The van der Waals surface area contributed by atoms with E-state index in [2.05, 4.69) is 82.4 Å². The number of nitrogens with one attached hydrogen (secondary N) is 2. The van der Waals surface area contributed by atoms with Gasteiger partial charge in [-0.15, -0.1) is 0 Å². The van der Waals surface area contributed by atoms with E-state index in [9.17, 15) is 0 Å². The van der Waals surface area contributed by atoms with Crippen molar-refractivity contribution in [3.63, 3.8) is 0 Å². The maximum Gasteiger partial charge on any atom is 0.159 e. The van der Waals surface area contributed by atoms with Crippen LogP contribution in [0.25, 0.3) is 33.5 Å². The summed E-state index contributed by atoms with van der Waals surface area (Å²) < 4.78 is 11.8. The SMILES string of the molecule is CC(C)OCc1ccc2c(-c3nc4ccc(N5CC(CN(C)C)OCC5C)cc4[nH]3)n[nH]c2c1. The Kier molecular flexibility index (Phi) is 6.29. The van der Waals surface area contributed by atoms with E-state index in [-0.39, 0.29) is 12.2 Å². The van der Waals surface area contributed by atoms with Crippen LogP contribution in [0.4, 0.5) is 5.69 Å². The van der Waals surface area contributed by atoms with Crippen molar-refractivity contribution in [1.29, 1.82) is 0 Å². The van der Waals surface area contributed by atoms with E-state index >= 15 is 0 Å². The largest absolute Gasteiger partial charge is 0.374 e. The first kappa shape index (κ1) is 22.8. The minimum atomic E-state index is 0.200. The number of hydrogen-bond donors (Lipinski definition) is 2. The van der Waals surface area contributed by atoms with Crippen LogP contribution in [-0.2, 0) is 16.1 Å². The molecule has 8 nitrogen and oxygen atoms in total. The topological polar surface area (TPSA) is 82.3 Å². The van der Waals surface area contributed by atoms with Gasteiger partial charge < -0.3 is 24.3 Å². The molecule has 0 aliphatic carbocycles. The Morgan fingerprint density at radius 2 is 2.03 bits per heavy atom. The highest BCUT2D eigenvalue weighted by atomic mass is 16.5. The van der Waals surface area contributed by atoms with Gasteiger partial charge >= 0.3 is 0 Å². The van der Waals surface area contributed by atoms with Gasteiger partial charge in [0.25, 0.3) is 0 Å². The van der Waals surface area contributed by atoms with Crippen molar-refractivity contribution in [2.75, 3.05) is 38.7 Å². The van der Waals surface area contributed by atoms with Crippen molar-refractivity contribution in [1.82, 2.24) is 25.1 Å². The monoisotopic (exact) mass is 462 g/mol. The number of H-pyrrole nitrogens is 2. The summed E-state index contributed by atoms with van der Waals surface area (Å²) in [5, 5.41) is 8.77. The molecule has 180 valence electrons. The molecule has 0 saturated carbocycles. The quantitative estimate of drug-likeness (QED) is 0.429. The van der Waals surface area contributed by atoms with Crippen LogP contribution >= 0.6 is 0 Å². The standard InChI is InChI=1S/C26H34N6O2/c1-16(2)33-15-18-6-8-21-23(10-18)29-30-25(21)26-27-22-9-7-19(11-24(22)28-26)32-13-20(12-31(4)5)34-14-17(32)3/h6-11,16-17,20H,12-15H2,1-5H3,(H,27,28)(H,29,30). The molecule has 0 radical (unpaired) electrons. The Morgan fingerprint density at radius 1 is 1.18 bits per heavy atom. The zero-order valence-corrected chi connectivity index (χ0v) is 20.6. The fourth-order valence-corrected chi connectivity index (χ4v) is 4.58. The molecule has 0 amide bonds. The van der Waals surface area contributed by atoms with Gasteiger partial charge in [-0.25, -0.2) is 4.98 Å². The molecule has 3 heterocycles. The fourth-order valence-electron chi connectivity index (χ4n) is 4.58. The van der Waals surface area contributed by atoms with Crippen LogP contribution in [-0.4, -0.2) is 77.1 Å². The van der Waals surface area contributed by atoms with E-state index in [0.29, 0.717) is 12.6 Å². The summed E-state index contributed by atoms with van der Waals surface area (Å²) in [6, 6.07) is 13.0. The maximum atomic E-state index is 6.05. The molecular weight excluding hydrogens is 428 g/mol. The molecule has 1 fully saturated rings. The average Bonchev–Trinajstić information content (AvgIpc) is 3.41. The molecule has 2 unspecified atom stereocenters. The lowest BCUT2D eigenvalue weighted by Crippen LogP contribution is -2.51. The van der Waals surface area contributed by atoms with Crippen LogP contribution in [0.5, 0.6) is 0 Å². The molecule has 5 rings (SSSR count).